The average molecular weight is 342 g/mol. The van der Waals surface area contributed by atoms with Gasteiger partial charge in [-0.05, 0) is 48.0 Å². The molecule has 0 saturated heterocycles. The highest BCUT2D eigenvalue weighted by Gasteiger charge is 2.08. The van der Waals surface area contributed by atoms with E-state index < -0.39 is 0 Å². The van der Waals surface area contributed by atoms with Crippen LogP contribution in [0.1, 0.15) is 18.3 Å². The molecule has 0 bridgehead atoms. The van der Waals surface area contributed by atoms with Crippen molar-refractivity contribution in [1.29, 1.82) is 0 Å². The van der Waals surface area contributed by atoms with Crippen molar-refractivity contribution >= 4 is 33.8 Å². The zero-order chi connectivity index (χ0) is 18.1. The summed E-state index contributed by atoms with van der Waals surface area (Å²) in [6.07, 6.45) is 3.61. The molecule has 0 fully saturated rings. The van der Waals surface area contributed by atoms with Gasteiger partial charge in [0.25, 0.3) is 5.56 Å². The Bertz CT molecular complexity index is 1210. The number of phenols is 1. The quantitative estimate of drug-likeness (QED) is 0.598. The summed E-state index contributed by atoms with van der Waals surface area (Å²) >= 11 is 0. The second-order valence-electron chi connectivity index (χ2n) is 6.09. The van der Waals surface area contributed by atoms with Gasteiger partial charge < -0.3 is 5.11 Å². The largest absolute Gasteiger partial charge is 0.507 e. The first-order valence-corrected chi connectivity index (χ1v) is 8.57. The third-order valence-corrected chi connectivity index (χ3v) is 4.55. The highest BCUT2D eigenvalue weighted by molar-refractivity contribution is 5.95. The second kappa shape index (κ2) is 6.48. The third kappa shape index (κ3) is 2.65. The number of hydrogen-bond donors (Lipinski definition) is 1. The Labute approximate surface area is 150 Å². The number of fused-ring (bicyclic) bond motifs is 2. The number of benzene rings is 3. The maximum absolute atomic E-state index is 12.7. The van der Waals surface area contributed by atoms with Gasteiger partial charge >= 0.3 is 0 Å². The van der Waals surface area contributed by atoms with Crippen molar-refractivity contribution in [1.82, 2.24) is 9.55 Å². The lowest BCUT2D eigenvalue weighted by molar-refractivity contribution is 0.475. The van der Waals surface area contributed by atoms with Crippen molar-refractivity contribution in [3.05, 3.63) is 82.4 Å². The topological polar surface area (TPSA) is 55.1 Å². The van der Waals surface area contributed by atoms with Crippen LogP contribution in [-0.4, -0.2) is 14.7 Å². The predicted molar refractivity (Wildman–Crippen MR) is 106 cm³/mol. The first-order valence-electron chi connectivity index (χ1n) is 8.57. The number of nitrogens with zero attached hydrogens (tertiary/aromatic N) is 2. The Morgan fingerprint density at radius 3 is 2.50 bits per heavy atom. The lowest BCUT2D eigenvalue weighted by atomic mass is 10.0. The summed E-state index contributed by atoms with van der Waals surface area (Å²) in [6, 6.07) is 18.8. The fraction of sp³-hybridized carbons (Fsp3) is 0.0909. The fourth-order valence-electron chi connectivity index (χ4n) is 3.24. The molecule has 0 aliphatic carbocycles. The first kappa shape index (κ1) is 16.1. The second-order valence-corrected chi connectivity index (χ2v) is 6.09. The highest BCUT2D eigenvalue weighted by Crippen LogP contribution is 2.28. The molecule has 0 aliphatic heterocycles. The van der Waals surface area contributed by atoms with Crippen LogP contribution in [0.2, 0.25) is 0 Å². The molecule has 26 heavy (non-hydrogen) atoms. The number of hydrogen-bond acceptors (Lipinski definition) is 3. The van der Waals surface area contributed by atoms with Crippen LogP contribution in [0.25, 0.3) is 33.8 Å². The van der Waals surface area contributed by atoms with Gasteiger partial charge in [0, 0.05) is 12.1 Å². The standard InChI is InChI=1S/C22H18N2O2/c1-2-24-21(23-19-10-6-5-9-18(19)22(24)26)14-12-17-16-8-4-3-7-15(16)11-13-20(17)25/h3-14,25H,2H2,1H3/b14-12+. The molecule has 4 rings (SSSR count). The van der Waals surface area contributed by atoms with Crippen molar-refractivity contribution < 1.29 is 5.11 Å². The minimum Gasteiger partial charge on any atom is -0.507 e. The molecule has 0 atom stereocenters. The van der Waals surface area contributed by atoms with Gasteiger partial charge in [0.2, 0.25) is 0 Å². The van der Waals surface area contributed by atoms with Crippen LogP contribution < -0.4 is 5.56 Å². The molecule has 0 radical (unpaired) electrons. The van der Waals surface area contributed by atoms with E-state index in [9.17, 15) is 9.90 Å². The van der Waals surface area contributed by atoms with E-state index in [1.807, 2.05) is 61.5 Å². The smallest absolute Gasteiger partial charge is 0.261 e. The molecule has 0 saturated carbocycles. The summed E-state index contributed by atoms with van der Waals surface area (Å²) in [7, 11) is 0. The summed E-state index contributed by atoms with van der Waals surface area (Å²) < 4.78 is 1.64. The van der Waals surface area contributed by atoms with Crippen molar-refractivity contribution in [2.75, 3.05) is 0 Å². The molecular weight excluding hydrogens is 324 g/mol. The number of para-hydroxylation sites is 1. The van der Waals surface area contributed by atoms with E-state index in [0.29, 0.717) is 28.8 Å². The zero-order valence-corrected chi connectivity index (χ0v) is 14.4. The van der Waals surface area contributed by atoms with E-state index in [1.165, 1.54) is 0 Å². The normalized spacial score (nSPS) is 11.6. The maximum atomic E-state index is 12.7. The molecule has 4 aromatic rings. The molecule has 1 N–H and O–H groups in total. The lowest BCUT2D eigenvalue weighted by Crippen LogP contribution is -2.22. The van der Waals surface area contributed by atoms with Gasteiger partial charge in [-0.1, -0.05) is 42.5 Å². The molecule has 4 nitrogen and oxygen atoms in total. The average Bonchev–Trinajstić information content (AvgIpc) is 2.67. The molecule has 4 heteroatoms. The van der Waals surface area contributed by atoms with Crippen LogP contribution in [0.5, 0.6) is 5.75 Å². The summed E-state index contributed by atoms with van der Waals surface area (Å²) in [4.78, 5) is 17.3. The molecule has 0 spiro atoms. The summed E-state index contributed by atoms with van der Waals surface area (Å²) in [5.41, 5.74) is 1.33. The Kier molecular flexibility index (Phi) is 4.01. The third-order valence-electron chi connectivity index (χ3n) is 4.55. The van der Waals surface area contributed by atoms with Crippen LogP contribution in [0.3, 0.4) is 0 Å². The predicted octanol–water partition coefficient (Wildman–Crippen LogP) is 4.45. The van der Waals surface area contributed by atoms with E-state index in [4.69, 9.17) is 0 Å². The Hall–Kier alpha value is -3.40. The lowest BCUT2D eigenvalue weighted by Gasteiger charge is -2.09. The van der Waals surface area contributed by atoms with Gasteiger partial charge in [0.15, 0.2) is 0 Å². The highest BCUT2D eigenvalue weighted by atomic mass is 16.3. The summed E-state index contributed by atoms with van der Waals surface area (Å²) in [6.45, 7) is 2.45. The molecule has 1 aromatic heterocycles. The Morgan fingerprint density at radius 2 is 1.69 bits per heavy atom. The van der Waals surface area contributed by atoms with Gasteiger partial charge in [0.05, 0.1) is 10.9 Å². The van der Waals surface area contributed by atoms with E-state index >= 15 is 0 Å². The maximum Gasteiger partial charge on any atom is 0.261 e. The zero-order valence-electron chi connectivity index (χ0n) is 14.4. The minimum atomic E-state index is -0.0557. The van der Waals surface area contributed by atoms with Crippen molar-refractivity contribution in [3.8, 4) is 5.75 Å². The minimum absolute atomic E-state index is 0.0557. The van der Waals surface area contributed by atoms with E-state index in [-0.39, 0.29) is 11.3 Å². The van der Waals surface area contributed by atoms with E-state index in [1.54, 1.807) is 22.8 Å². The van der Waals surface area contributed by atoms with Crippen LogP contribution in [0.15, 0.2) is 65.5 Å². The van der Waals surface area contributed by atoms with Gasteiger partial charge in [-0.3, -0.25) is 9.36 Å². The summed E-state index contributed by atoms with van der Waals surface area (Å²) in [5.74, 6) is 0.773. The SMILES string of the molecule is CCn1c(/C=C/c2c(O)ccc3ccccc23)nc2ccccc2c1=O. The molecule has 3 aromatic carbocycles. The first-order chi connectivity index (χ1) is 12.7. The molecule has 128 valence electrons. The van der Waals surface area contributed by atoms with Crippen molar-refractivity contribution in [2.45, 2.75) is 13.5 Å². The molecule has 0 unspecified atom stereocenters. The monoisotopic (exact) mass is 342 g/mol. The summed E-state index contributed by atoms with van der Waals surface area (Å²) in [5, 5.41) is 12.9. The van der Waals surface area contributed by atoms with E-state index in [2.05, 4.69) is 4.98 Å². The number of rotatable bonds is 3. The molecular formula is C22H18N2O2. The molecule has 1 heterocycles. The Morgan fingerprint density at radius 1 is 0.962 bits per heavy atom. The Balaban J connectivity index is 1.91. The van der Waals surface area contributed by atoms with Crippen molar-refractivity contribution in [3.63, 3.8) is 0 Å². The van der Waals surface area contributed by atoms with Gasteiger partial charge in [-0.2, -0.15) is 0 Å². The van der Waals surface area contributed by atoms with Crippen LogP contribution in [0.4, 0.5) is 0 Å². The van der Waals surface area contributed by atoms with Crippen LogP contribution in [-0.2, 0) is 6.54 Å². The van der Waals surface area contributed by atoms with E-state index in [0.717, 1.165) is 10.8 Å². The number of aromatic hydroxyl groups is 1. The molecule has 0 amide bonds. The van der Waals surface area contributed by atoms with Crippen molar-refractivity contribution in [2.24, 2.45) is 0 Å². The fourth-order valence-corrected chi connectivity index (χ4v) is 3.24. The van der Waals surface area contributed by atoms with Crippen LogP contribution in [0, 0.1) is 0 Å². The van der Waals surface area contributed by atoms with Gasteiger partial charge in [-0.25, -0.2) is 4.98 Å². The number of phenolic OH excluding ortho intramolecular Hbond substituents is 1. The number of aromatic nitrogens is 2. The van der Waals surface area contributed by atoms with Gasteiger partial charge in [-0.15, -0.1) is 0 Å². The molecule has 0 aliphatic rings. The van der Waals surface area contributed by atoms with Crippen LogP contribution >= 0.6 is 0 Å². The van der Waals surface area contributed by atoms with Gasteiger partial charge in [0.1, 0.15) is 11.6 Å².